The van der Waals surface area contributed by atoms with Gasteiger partial charge in [0.1, 0.15) is 11.5 Å². The Labute approximate surface area is 169 Å². The molecule has 2 fully saturated rings. The van der Waals surface area contributed by atoms with Crippen LogP contribution in [-0.2, 0) is 4.79 Å². The van der Waals surface area contributed by atoms with Crippen LogP contribution in [0.4, 0.5) is 4.39 Å². The van der Waals surface area contributed by atoms with Crippen molar-refractivity contribution < 1.29 is 14.0 Å². The fourth-order valence-corrected chi connectivity index (χ4v) is 3.43. The van der Waals surface area contributed by atoms with Gasteiger partial charge < -0.3 is 20.5 Å². The molecule has 154 valence electrons. The Morgan fingerprint density at radius 2 is 1.83 bits per heavy atom. The van der Waals surface area contributed by atoms with Crippen molar-refractivity contribution in [2.45, 2.75) is 25.8 Å². The SMILES string of the molecule is Cc1c(F)cc(C(=O)NC2CC2)cc1C1=CC=C(C(=O)N2CCN(C)CC2)NN1. The highest BCUT2D eigenvalue weighted by atomic mass is 19.1. The van der Waals surface area contributed by atoms with Crippen LogP contribution < -0.4 is 16.2 Å². The molecule has 1 saturated heterocycles. The second-order valence-corrected chi connectivity index (χ2v) is 7.88. The third kappa shape index (κ3) is 4.27. The van der Waals surface area contributed by atoms with Gasteiger partial charge in [-0.2, -0.15) is 0 Å². The van der Waals surface area contributed by atoms with E-state index in [1.807, 2.05) is 11.9 Å². The molecule has 2 aliphatic heterocycles. The van der Waals surface area contributed by atoms with E-state index >= 15 is 0 Å². The van der Waals surface area contributed by atoms with Crippen molar-refractivity contribution in [3.8, 4) is 0 Å². The predicted octanol–water partition coefficient (Wildman–Crippen LogP) is 1.13. The summed E-state index contributed by atoms with van der Waals surface area (Å²) in [6.07, 6.45) is 5.38. The molecule has 0 unspecified atom stereocenters. The smallest absolute Gasteiger partial charge is 0.271 e. The van der Waals surface area contributed by atoms with Crippen LogP contribution >= 0.6 is 0 Å². The van der Waals surface area contributed by atoms with E-state index in [4.69, 9.17) is 0 Å². The first kappa shape index (κ1) is 19.4. The highest BCUT2D eigenvalue weighted by Gasteiger charge is 2.26. The molecule has 1 saturated carbocycles. The summed E-state index contributed by atoms with van der Waals surface area (Å²) in [5.41, 5.74) is 8.29. The van der Waals surface area contributed by atoms with Crippen molar-refractivity contribution in [1.82, 2.24) is 26.0 Å². The van der Waals surface area contributed by atoms with E-state index in [1.54, 1.807) is 25.1 Å². The van der Waals surface area contributed by atoms with E-state index in [2.05, 4.69) is 21.1 Å². The van der Waals surface area contributed by atoms with E-state index in [1.165, 1.54) is 6.07 Å². The normalized spacial score (nSPS) is 19.6. The minimum Gasteiger partial charge on any atom is -0.349 e. The minimum atomic E-state index is -0.436. The van der Waals surface area contributed by atoms with Crippen molar-refractivity contribution in [1.29, 1.82) is 0 Å². The van der Waals surface area contributed by atoms with E-state index in [0.29, 0.717) is 41.2 Å². The van der Waals surface area contributed by atoms with Crippen LogP contribution in [0.2, 0.25) is 0 Å². The summed E-state index contributed by atoms with van der Waals surface area (Å²) in [5.74, 6) is -0.769. The molecular formula is C21H26FN5O2. The molecular weight excluding hydrogens is 373 g/mol. The van der Waals surface area contributed by atoms with Gasteiger partial charge in [0.05, 0.1) is 5.70 Å². The molecule has 4 rings (SSSR count). The molecule has 1 aromatic rings. The Kier molecular flexibility index (Phi) is 5.27. The zero-order valence-corrected chi connectivity index (χ0v) is 16.7. The Balaban J connectivity index is 1.53. The van der Waals surface area contributed by atoms with Crippen LogP contribution in [0.1, 0.15) is 34.3 Å². The van der Waals surface area contributed by atoms with Crippen molar-refractivity contribution >= 4 is 17.5 Å². The number of benzene rings is 1. The molecule has 29 heavy (non-hydrogen) atoms. The van der Waals surface area contributed by atoms with Crippen molar-refractivity contribution in [3.63, 3.8) is 0 Å². The predicted molar refractivity (Wildman–Crippen MR) is 108 cm³/mol. The number of hydrogen-bond acceptors (Lipinski definition) is 5. The van der Waals surface area contributed by atoms with Gasteiger partial charge in [0, 0.05) is 43.3 Å². The second kappa shape index (κ2) is 7.87. The Morgan fingerprint density at radius 1 is 1.10 bits per heavy atom. The van der Waals surface area contributed by atoms with Crippen molar-refractivity contribution in [2.24, 2.45) is 0 Å². The van der Waals surface area contributed by atoms with Crippen LogP contribution in [0.25, 0.3) is 5.70 Å². The van der Waals surface area contributed by atoms with Crippen LogP contribution in [-0.4, -0.2) is 60.9 Å². The molecule has 0 aromatic heterocycles. The molecule has 1 aliphatic carbocycles. The lowest BCUT2D eigenvalue weighted by Gasteiger charge is -2.33. The molecule has 7 nitrogen and oxygen atoms in total. The average Bonchev–Trinajstić information content (AvgIpc) is 3.54. The third-order valence-electron chi connectivity index (χ3n) is 5.58. The number of rotatable bonds is 4. The highest BCUT2D eigenvalue weighted by Crippen LogP contribution is 2.25. The average molecular weight is 399 g/mol. The molecule has 0 bridgehead atoms. The van der Waals surface area contributed by atoms with Crippen molar-refractivity contribution in [2.75, 3.05) is 33.2 Å². The van der Waals surface area contributed by atoms with Gasteiger partial charge in [-0.15, -0.1) is 0 Å². The maximum absolute atomic E-state index is 14.5. The second-order valence-electron chi connectivity index (χ2n) is 7.88. The number of allylic oxidation sites excluding steroid dienone is 2. The summed E-state index contributed by atoms with van der Waals surface area (Å²) in [6, 6.07) is 3.15. The number of piperazine rings is 1. The number of hydrazine groups is 1. The van der Waals surface area contributed by atoms with E-state index in [-0.39, 0.29) is 17.9 Å². The number of nitrogens with one attached hydrogen (secondary N) is 3. The summed E-state index contributed by atoms with van der Waals surface area (Å²) in [5, 5.41) is 2.88. The quantitative estimate of drug-likeness (QED) is 0.708. The first-order valence-electron chi connectivity index (χ1n) is 9.95. The van der Waals surface area contributed by atoms with Gasteiger partial charge in [0.25, 0.3) is 11.8 Å². The molecule has 8 heteroatoms. The van der Waals surface area contributed by atoms with Crippen LogP contribution in [0.5, 0.6) is 0 Å². The van der Waals surface area contributed by atoms with Crippen LogP contribution in [0.15, 0.2) is 30.0 Å². The number of likely N-dealkylation sites (N-methyl/N-ethyl adjacent to an activating group) is 1. The first-order valence-corrected chi connectivity index (χ1v) is 9.95. The van der Waals surface area contributed by atoms with Gasteiger partial charge in [-0.3, -0.25) is 15.0 Å². The molecule has 1 aromatic carbocycles. The fraction of sp³-hybridized carbons (Fsp3) is 0.429. The van der Waals surface area contributed by atoms with Gasteiger partial charge in [0.2, 0.25) is 0 Å². The standard InChI is InChI=1S/C21H26FN5O2/c1-13-16(11-14(12-17(13)22)20(28)23-15-3-4-15)18-5-6-19(25-24-18)21(29)27-9-7-26(2)8-10-27/h5-6,11-12,15,24-25H,3-4,7-10H2,1-2H3,(H,23,28). The summed E-state index contributed by atoms with van der Waals surface area (Å²) in [7, 11) is 2.04. The van der Waals surface area contributed by atoms with Gasteiger partial charge in [-0.25, -0.2) is 4.39 Å². The van der Waals surface area contributed by atoms with E-state index < -0.39 is 5.82 Å². The monoisotopic (exact) mass is 399 g/mol. The van der Waals surface area contributed by atoms with E-state index in [0.717, 1.165) is 25.9 Å². The number of halogens is 1. The Hall–Kier alpha value is -2.87. The summed E-state index contributed by atoms with van der Waals surface area (Å²) >= 11 is 0. The van der Waals surface area contributed by atoms with Crippen LogP contribution in [0.3, 0.4) is 0 Å². The summed E-state index contributed by atoms with van der Waals surface area (Å²) < 4.78 is 14.5. The van der Waals surface area contributed by atoms with Gasteiger partial charge in [-0.1, -0.05) is 0 Å². The lowest BCUT2D eigenvalue weighted by molar-refractivity contribution is -0.129. The molecule has 2 amide bonds. The number of hydrogen-bond donors (Lipinski definition) is 3. The molecule has 3 aliphatic rings. The van der Waals surface area contributed by atoms with Gasteiger partial charge >= 0.3 is 0 Å². The van der Waals surface area contributed by atoms with Crippen LogP contribution in [0, 0.1) is 12.7 Å². The lowest BCUT2D eigenvalue weighted by Crippen LogP contribution is -2.50. The maximum atomic E-state index is 14.5. The maximum Gasteiger partial charge on any atom is 0.271 e. The fourth-order valence-electron chi connectivity index (χ4n) is 3.43. The number of carbonyl (C=O) groups excluding carboxylic acids is 2. The molecule has 3 N–H and O–H groups in total. The third-order valence-corrected chi connectivity index (χ3v) is 5.58. The van der Waals surface area contributed by atoms with Crippen molar-refractivity contribution in [3.05, 3.63) is 52.5 Å². The summed E-state index contributed by atoms with van der Waals surface area (Å²) in [4.78, 5) is 29.0. The molecule has 0 radical (unpaired) electrons. The molecule has 0 spiro atoms. The topological polar surface area (TPSA) is 76.7 Å². The summed E-state index contributed by atoms with van der Waals surface area (Å²) in [6.45, 7) is 4.74. The zero-order chi connectivity index (χ0) is 20.5. The number of nitrogens with zero attached hydrogens (tertiary/aromatic N) is 2. The number of carbonyl (C=O) groups is 2. The zero-order valence-electron chi connectivity index (χ0n) is 16.7. The molecule has 2 heterocycles. The molecule has 0 atom stereocenters. The van der Waals surface area contributed by atoms with Gasteiger partial charge in [0.15, 0.2) is 0 Å². The minimum absolute atomic E-state index is 0.0682. The number of amides is 2. The van der Waals surface area contributed by atoms with Gasteiger partial charge in [-0.05, 0) is 56.7 Å². The lowest BCUT2D eigenvalue weighted by atomic mass is 10.00. The highest BCUT2D eigenvalue weighted by molar-refractivity contribution is 5.96. The first-order chi connectivity index (χ1) is 13.9. The Morgan fingerprint density at radius 3 is 2.45 bits per heavy atom. The van der Waals surface area contributed by atoms with E-state index in [9.17, 15) is 14.0 Å². The largest absolute Gasteiger partial charge is 0.349 e. The Bertz CT molecular complexity index is 899.